The summed E-state index contributed by atoms with van der Waals surface area (Å²) < 4.78 is 17.0. The minimum absolute atomic E-state index is 0.0712. The Bertz CT molecular complexity index is 1400. The summed E-state index contributed by atoms with van der Waals surface area (Å²) in [6, 6.07) is 0. The lowest BCUT2D eigenvalue weighted by molar-refractivity contribution is -0.167. The van der Waals surface area contributed by atoms with Crippen LogP contribution in [0.15, 0.2) is 48.6 Å². The Morgan fingerprint density at radius 3 is 0.716 bits per heavy atom. The van der Waals surface area contributed by atoms with Gasteiger partial charge in [0.1, 0.15) is 13.2 Å². The van der Waals surface area contributed by atoms with E-state index in [0.717, 1.165) is 77.0 Å². The van der Waals surface area contributed by atoms with Crippen LogP contribution in [0.25, 0.3) is 0 Å². The van der Waals surface area contributed by atoms with Gasteiger partial charge in [0, 0.05) is 19.3 Å². The molecule has 0 N–H and O–H groups in total. The summed E-state index contributed by atoms with van der Waals surface area (Å²) in [6.45, 7) is 6.68. The molecule has 0 spiro atoms. The molecule has 0 aromatic heterocycles. The highest BCUT2D eigenvalue weighted by Crippen LogP contribution is 2.18. The predicted molar refractivity (Wildman–Crippen MR) is 353 cm³/mol. The van der Waals surface area contributed by atoms with Crippen LogP contribution >= 0.6 is 0 Å². The fraction of sp³-hybridized carbons (Fsp3) is 0.853. The Morgan fingerprint density at radius 2 is 0.444 bits per heavy atom. The van der Waals surface area contributed by atoms with Gasteiger partial charge in [0.25, 0.3) is 0 Å². The molecule has 6 nitrogen and oxygen atoms in total. The summed E-state index contributed by atoms with van der Waals surface area (Å²) in [5.74, 6) is -0.853. The van der Waals surface area contributed by atoms with Gasteiger partial charge in [-0.1, -0.05) is 339 Å². The number of carbonyl (C=O) groups is 3. The van der Waals surface area contributed by atoms with Gasteiger partial charge < -0.3 is 14.2 Å². The molecule has 0 bridgehead atoms. The van der Waals surface area contributed by atoms with Crippen LogP contribution < -0.4 is 0 Å². The molecule has 1 unspecified atom stereocenters. The highest BCUT2D eigenvalue weighted by Gasteiger charge is 2.19. The third-order valence-electron chi connectivity index (χ3n) is 16.3. The van der Waals surface area contributed by atoms with Crippen molar-refractivity contribution in [1.82, 2.24) is 0 Å². The third kappa shape index (κ3) is 68.0. The van der Waals surface area contributed by atoms with Gasteiger partial charge >= 0.3 is 17.9 Å². The first-order valence-electron chi connectivity index (χ1n) is 36.1. The summed E-state index contributed by atoms with van der Waals surface area (Å²) in [7, 11) is 0. The fourth-order valence-electron chi connectivity index (χ4n) is 10.9. The van der Waals surface area contributed by atoms with E-state index in [9.17, 15) is 14.4 Å². The zero-order valence-corrected chi connectivity index (χ0v) is 54.6. The van der Waals surface area contributed by atoms with Crippen molar-refractivity contribution in [1.29, 1.82) is 0 Å². The largest absolute Gasteiger partial charge is 0.462 e. The molecule has 0 aromatic rings. The highest BCUT2D eigenvalue weighted by atomic mass is 16.6. The molecule has 0 aliphatic heterocycles. The van der Waals surface area contributed by atoms with Gasteiger partial charge in [-0.3, -0.25) is 14.4 Å². The molecule has 0 heterocycles. The first kappa shape index (κ1) is 78.4. The van der Waals surface area contributed by atoms with Crippen molar-refractivity contribution in [3.05, 3.63) is 48.6 Å². The first-order valence-corrected chi connectivity index (χ1v) is 36.1. The molecule has 0 saturated carbocycles. The van der Waals surface area contributed by atoms with Gasteiger partial charge in [0.15, 0.2) is 6.10 Å². The van der Waals surface area contributed by atoms with Crippen LogP contribution in [0.3, 0.4) is 0 Å². The van der Waals surface area contributed by atoms with E-state index >= 15 is 0 Å². The van der Waals surface area contributed by atoms with Crippen molar-refractivity contribution in [3.63, 3.8) is 0 Å². The number of esters is 3. The molecule has 1 atom stereocenters. The fourth-order valence-corrected chi connectivity index (χ4v) is 10.9. The van der Waals surface area contributed by atoms with Crippen molar-refractivity contribution >= 4 is 17.9 Å². The molecular weight excluding hydrogens is 997 g/mol. The van der Waals surface area contributed by atoms with Crippen LogP contribution in [0.1, 0.15) is 393 Å². The van der Waals surface area contributed by atoms with Crippen molar-refractivity contribution in [3.8, 4) is 0 Å². The average Bonchev–Trinajstić information content (AvgIpc) is 3.46. The highest BCUT2D eigenvalue weighted by molar-refractivity contribution is 5.71. The molecule has 0 fully saturated rings. The number of hydrogen-bond donors (Lipinski definition) is 0. The standard InChI is InChI=1S/C75H138O6/c1-4-7-10-13-16-19-22-25-27-29-31-33-34-35-36-37-38-39-40-42-43-45-47-50-53-56-59-62-65-68-74(77)80-71-72(70-79-73(76)67-64-61-58-55-52-49-24-21-18-15-12-9-6-3)81-75(78)69-66-63-60-57-54-51-48-46-44-41-32-30-28-26-23-20-17-14-11-8-5-2/h21-22,24-25,29,31,34-35,72H,4-20,23,26-28,30,32-33,36-71H2,1-3H3/b24-21-,25-22-,31-29-,35-34-. The van der Waals surface area contributed by atoms with Crippen LogP contribution in [0.4, 0.5) is 0 Å². The van der Waals surface area contributed by atoms with Crippen molar-refractivity contribution in [2.24, 2.45) is 0 Å². The van der Waals surface area contributed by atoms with E-state index in [2.05, 4.69) is 69.4 Å². The number of ether oxygens (including phenoxy) is 3. The molecule has 0 radical (unpaired) electrons. The Hall–Kier alpha value is -2.63. The van der Waals surface area contributed by atoms with Crippen LogP contribution in [-0.2, 0) is 28.6 Å². The zero-order valence-electron chi connectivity index (χ0n) is 54.6. The average molecular weight is 1140 g/mol. The van der Waals surface area contributed by atoms with Crippen LogP contribution in [0, 0.1) is 0 Å². The molecule has 0 aromatic carbocycles. The Labute approximate surface area is 505 Å². The molecule has 474 valence electrons. The van der Waals surface area contributed by atoms with E-state index in [0.29, 0.717) is 19.3 Å². The number of allylic oxidation sites excluding steroid dienone is 8. The lowest BCUT2D eigenvalue weighted by Gasteiger charge is -2.18. The SMILES string of the molecule is CCCCCC/C=C\CCCCCCCC(=O)OCC(COC(=O)CCCCCCCCCCCCCCCC/C=C\C/C=C\C/C=C\CCCCCCC)OC(=O)CCCCCCCCCCCCCCCCCCCCCCC. The lowest BCUT2D eigenvalue weighted by Crippen LogP contribution is -2.30. The van der Waals surface area contributed by atoms with E-state index in [-0.39, 0.29) is 31.1 Å². The van der Waals surface area contributed by atoms with Crippen LogP contribution in [-0.4, -0.2) is 37.2 Å². The van der Waals surface area contributed by atoms with E-state index in [1.165, 1.54) is 276 Å². The number of carbonyl (C=O) groups excluding carboxylic acids is 3. The molecule has 0 amide bonds. The molecule has 6 heteroatoms. The second-order valence-corrected chi connectivity index (χ2v) is 24.5. The van der Waals surface area contributed by atoms with Gasteiger partial charge in [-0.25, -0.2) is 0 Å². The second-order valence-electron chi connectivity index (χ2n) is 24.5. The smallest absolute Gasteiger partial charge is 0.306 e. The van der Waals surface area contributed by atoms with Gasteiger partial charge in [0.2, 0.25) is 0 Å². The van der Waals surface area contributed by atoms with Crippen LogP contribution in [0.2, 0.25) is 0 Å². The summed E-state index contributed by atoms with van der Waals surface area (Å²) in [4.78, 5) is 38.4. The molecular formula is C75H138O6. The zero-order chi connectivity index (χ0) is 58.5. The second kappa shape index (κ2) is 69.9. The summed E-state index contributed by atoms with van der Waals surface area (Å²) in [5.41, 5.74) is 0. The minimum atomic E-state index is -0.775. The minimum Gasteiger partial charge on any atom is -0.462 e. The van der Waals surface area contributed by atoms with Crippen molar-refractivity contribution in [2.45, 2.75) is 399 Å². The van der Waals surface area contributed by atoms with E-state index in [1.807, 2.05) is 0 Å². The van der Waals surface area contributed by atoms with Crippen molar-refractivity contribution in [2.75, 3.05) is 13.2 Å². The normalized spacial score (nSPS) is 12.3. The third-order valence-corrected chi connectivity index (χ3v) is 16.3. The number of rotatable bonds is 67. The maximum atomic E-state index is 13.0. The lowest BCUT2D eigenvalue weighted by atomic mass is 10.0. The quantitative estimate of drug-likeness (QED) is 0.0261. The number of hydrogen-bond acceptors (Lipinski definition) is 6. The maximum Gasteiger partial charge on any atom is 0.306 e. The van der Waals surface area contributed by atoms with Gasteiger partial charge in [-0.2, -0.15) is 0 Å². The van der Waals surface area contributed by atoms with Gasteiger partial charge in [-0.05, 0) is 83.5 Å². The Morgan fingerprint density at radius 1 is 0.247 bits per heavy atom. The van der Waals surface area contributed by atoms with Crippen LogP contribution in [0.5, 0.6) is 0 Å². The predicted octanol–water partition coefficient (Wildman–Crippen LogP) is 24.9. The van der Waals surface area contributed by atoms with E-state index in [1.54, 1.807) is 0 Å². The molecule has 0 saturated heterocycles. The van der Waals surface area contributed by atoms with E-state index < -0.39 is 6.10 Å². The molecule has 81 heavy (non-hydrogen) atoms. The summed E-state index contributed by atoms with van der Waals surface area (Å²) in [6.07, 6.45) is 88.6. The van der Waals surface area contributed by atoms with Crippen molar-refractivity contribution < 1.29 is 28.6 Å². The number of unbranched alkanes of at least 4 members (excludes halogenated alkanes) is 48. The molecule has 0 rings (SSSR count). The summed E-state index contributed by atoms with van der Waals surface area (Å²) in [5, 5.41) is 0. The first-order chi connectivity index (χ1) is 40.0. The Balaban J connectivity index is 4.21. The maximum absolute atomic E-state index is 13.0. The molecule has 0 aliphatic carbocycles. The topological polar surface area (TPSA) is 78.9 Å². The van der Waals surface area contributed by atoms with E-state index in [4.69, 9.17) is 14.2 Å². The van der Waals surface area contributed by atoms with Gasteiger partial charge in [-0.15, -0.1) is 0 Å². The summed E-state index contributed by atoms with van der Waals surface area (Å²) >= 11 is 0. The molecule has 0 aliphatic rings. The van der Waals surface area contributed by atoms with Gasteiger partial charge in [0.05, 0.1) is 0 Å². The Kier molecular flexibility index (Phi) is 67.6. The monoisotopic (exact) mass is 1140 g/mol.